The van der Waals surface area contributed by atoms with E-state index in [1.54, 1.807) is 0 Å². The Morgan fingerprint density at radius 2 is 1.88 bits per heavy atom. The van der Waals surface area contributed by atoms with Gasteiger partial charge in [0.05, 0.1) is 10.9 Å². The number of carbonyl (C=O) groups excluding carboxylic acids is 1. The average molecular weight is 297 g/mol. The highest BCUT2D eigenvalue weighted by molar-refractivity contribution is 9.10. The van der Waals surface area contributed by atoms with Crippen LogP contribution in [0.4, 0.5) is 0 Å². The number of ketones is 1. The van der Waals surface area contributed by atoms with Gasteiger partial charge in [-0.2, -0.15) is 0 Å². The van der Waals surface area contributed by atoms with E-state index >= 15 is 0 Å². The van der Waals surface area contributed by atoms with Crippen LogP contribution in [0.1, 0.15) is 43.0 Å². The molecule has 0 aliphatic heterocycles. The molecule has 1 fully saturated rings. The largest absolute Gasteiger partial charge is 0.490 e. The van der Waals surface area contributed by atoms with Gasteiger partial charge in [-0.1, -0.05) is 15.9 Å². The van der Waals surface area contributed by atoms with E-state index in [1.807, 2.05) is 31.2 Å². The zero-order valence-corrected chi connectivity index (χ0v) is 11.6. The van der Waals surface area contributed by atoms with E-state index in [0.717, 1.165) is 24.2 Å². The van der Waals surface area contributed by atoms with Gasteiger partial charge in [-0.3, -0.25) is 4.79 Å². The molecule has 3 heteroatoms. The van der Waals surface area contributed by atoms with E-state index in [0.29, 0.717) is 6.10 Å². The number of carbonyl (C=O) groups is 1. The molecule has 1 atom stereocenters. The Labute approximate surface area is 110 Å². The summed E-state index contributed by atoms with van der Waals surface area (Å²) in [5, 5.41) is 0. The van der Waals surface area contributed by atoms with Crippen molar-refractivity contribution in [3.63, 3.8) is 0 Å². The molecule has 1 aliphatic carbocycles. The highest BCUT2D eigenvalue weighted by Crippen LogP contribution is 2.24. The topological polar surface area (TPSA) is 26.3 Å². The Bertz CT molecular complexity index is 378. The van der Waals surface area contributed by atoms with Gasteiger partial charge in [0.1, 0.15) is 5.75 Å². The number of Topliss-reactive ketones (excluding diaryl/α,β-unsaturated/α-hetero) is 1. The van der Waals surface area contributed by atoms with Gasteiger partial charge in [0.2, 0.25) is 0 Å². The molecule has 1 unspecified atom stereocenters. The van der Waals surface area contributed by atoms with Crippen LogP contribution in [0.3, 0.4) is 0 Å². The standard InChI is InChI=1S/C14H17BrO2/c1-10(15)14(16)11-6-8-13(9-7-11)17-12-4-2-3-5-12/h6-10,12H,2-5H2,1H3. The minimum atomic E-state index is -0.135. The van der Waals surface area contributed by atoms with Gasteiger partial charge >= 0.3 is 0 Å². The van der Waals surface area contributed by atoms with Crippen LogP contribution in [-0.2, 0) is 0 Å². The van der Waals surface area contributed by atoms with E-state index in [1.165, 1.54) is 12.8 Å². The molecule has 0 aromatic heterocycles. The first-order valence-electron chi connectivity index (χ1n) is 6.12. The first-order chi connectivity index (χ1) is 8.16. The molecule has 1 saturated carbocycles. The quantitative estimate of drug-likeness (QED) is 0.621. The van der Waals surface area contributed by atoms with Crippen molar-refractivity contribution < 1.29 is 9.53 Å². The number of rotatable bonds is 4. The van der Waals surface area contributed by atoms with Crippen LogP contribution in [-0.4, -0.2) is 16.7 Å². The predicted octanol–water partition coefficient (Wildman–Crippen LogP) is 3.97. The molecule has 2 rings (SSSR count). The Hall–Kier alpha value is -0.830. The number of halogens is 1. The van der Waals surface area contributed by atoms with E-state index in [9.17, 15) is 4.79 Å². The lowest BCUT2D eigenvalue weighted by Crippen LogP contribution is -2.12. The van der Waals surface area contributed by atoms with Gasteiger partial charge in [-0.25, -0.2) is 0 Å². The summed E-state index contributed by atoms with van der Waals surface area (Å²) in [7, 11) is 0. The van der Waals surface area contributed by atoms with Crippen molar-refractivity contribution in [2.45, 2.75) is 43.5 Å². The number of ether oxygens (including phenoxy) is 1. The maximum Gasteiger partial charge on any atom is 0.176 e. The SMILES string of the molecule is CC(Br)C(=O)c1ccc(OC2CCCC2)cc1. The minimum absolute atomic E-state index is 0.109. The summed E-state index contributed by atoms with van der Waals surface area (Å²) in [4.78, 5) is 11.6. The summed E-state index contributed by atoms with van der Waals surface area (Å²) in [6, 6.07) is 7.45. The predicted molar refractivity (Wildman–Crippen MR) is 72.0 cm³/mol. The summed E-state index contributed by atoms with van der Waals surface area (Å²) in [6.07, 6.45) is 5.20. The van der Waals surface area contributed by atoms with Crippen molar-refractivity contribution in [3.05, 3.63) is 29.8 Å². The molecular formula is C14H17BrO2. The number of hydrogen-bond acceptors (Lipinski definition) is 2. The molecule has 0 saturated heterocycles. The molecule has 1 aliphatic rings. The molecule has 0 spiro atoms. The zero-order valence-electron chi connectivity index (χ0n) is 9.99. The van der Waals surface area contributed by atoms with Crippen LogP contribution in [0.25, 0.3) is 0 Å². The van der Waals surface area contributed by atoms with Crippen LogP contribution in [0.15, 0.2) is 24.3 Å². The van der Waals surface area contributed by atoms with Crippen molar-refractivity contribution in [3.8, 4) is 5.75 Å². The van der Waals surface area contributed by atoms with Gasteiger partial charge in [-0.05, 0) is 56.9 Å². The summed E-state index contributed by atoms with van der Waals surface area (Å²) in [5.74, 6) is 0.980. The van der Waals surface area contributed by atoms with E-state index in [4.69, 9.17) is 4.74 Å². The lowest BCUT2D eigenvalue weighted by atomic mass is 10.1. The summed E-state index contributed by atoms with van der Waals surface area (Å²) in [6.45, 7) is 1.84. The van der Waals surface area contributed by atoms with Crippen molar-refractivity contribution in [2.75, 3.05) is 0 Å². The molecule has 0 radical (unpaired) electrons. The van der Waals surface area contributed by atoms with Crippen LogP contribution in [0.2, 0.25) is 0 Å². The Balaban J connectivity index is 1.99. The van der Waals surface area contributed by atoms with Gasteiger partial charge in [-0.15, -0.1) is 0 Å². The smallest absolute Gasteiger partial charge is 0.176 e. The second kappa shape index (κ2) is 5.67. The minimum Gasteiger partial charge on any atom is -0.490 e. The normalized spacial score (nSPS) is 18.0. The average Bonchev–Trinajstić information content (AvgIpc) is 2.82. The van der Waals surface area contributed by atoms with Gasteiger partial charge in [0.25, 0.3) is 0 Å². The van der Waals surface area contributed by atoms with E-state index in [2.05, 4.69) is 15.9 Å². The first-order valence-corrected chi connectivity index (χ1v) is 7.03. The second-order valence-electron chi connectivity index (χ2n) is 4.53. The fourth-order valence-electron chi connectivity index (χ4n) is 2.13. The highest BCUT2D eigenvalue weighted by atomic mass is 79.9. The fraction of sp³-hybridized carbons (Fsp3) is 0.500. The lowest BCUT2D eigenvalue weighted by molar-refractivity contribution is 0.0996. The molecule has 1 aromatic rings. The molecule has 0 bridgehead atoms. The third kappa shape index (κ3) is 3.32. The highest BCUT2D eigenvalue weighted by Gasteiger charge is 2.17. The molecule has 0 N–H and O–H groups in total. The summed E-state index contributed by atoms with van der Waals surface area (Å²) >= 11 is 3.29. The molecule has 92 valence electrons. The van der Waals surface area contributed by atoms with Crippen molar-refractivity contribution in [1.29, 1.82) is 0 Å². The third-order valence-electron chi connectivity index (χ3n) is 3.11. The summed E-state index contributed by atoms with van der Waals surface area (Å²) < 4.78 is 5.85. The molecule has 1 aromatic carbocycles. The Morgan fingerprint density at radius 1 is 1.29 bits per heavy atom. The lowest BCUT2D eigenvalue weighted by Gasteiger charge is -2.13. The van der Waals surface area contributed by atoms with Gasteiger partial charge in [0, 0.05) is 5.56 Å². The number of alkyl halides is 1. The maximum absolute atomic E-state index is 11.7. The van der Waals surface area contributed by atoms with Gasteiger partial charge < -0.3 is 4.74 Å². The molecule has 0 heterocycles. The molecule has 2 nitrogen and oxygen atoms in total. The van der Waals surface area contributed by atoms with Gasteiger partial charge in [0.15, 0.2) is 5.78 Å². The summed E-state index contributed by atoms with van der Waals surface area (Å²) in [5.41, 5.74) is 0.730. The van der Waals surface area contributed by atoms with Crippen molar-refractivity contribution in [1.82, 2.24) is 0 Å². The third-order valence-corrected chi connectivity index (χ3v) is 3.52. The molecule has 17 heavy (non-hydrogen) atoms. The zero-order chi connectivity index (χ0) is 12.3. The van der Waals surface area contributed by atoms with Crippen LogP contribution in [0.5, 0.6) is 5.75 Å². The van der Waals surface area contributed by atoms with Crippen LogP contribution < -0.4 is 4.74 Å². The van der Waals surface area contributed by atoms with Crippen LogP contribution in [0, 0.1) is 0 Å². The maximum atomic E-state index is 11.7. The Kier molecular flexibility index (Phi) is 4.21. The first kappa shape index (κ1) is 12.6. The van der Waals surface area contributed by atoms with Crippen molar-refractivity contribution >= 4 is 21.7 Å². The fourth-order valence-corrected chi connectivity index (χ4v) is 2.39. The second-order valence-corrected chi connectivity index (χ2v) is 5.90. The Morgan fingerprint density at radius 3 is 2.41 bits per heavy atom. The number of hydrogen-bond donors (Lipinski definition) is 0. The monoisotopic (exact) mass is 296 g/mol. The molecular weight excluding hydrogens is 280 g/mol. The van der Waals surface area contributed by atoms with E-state index < -0.39 is 0 Å². The van der Waals surface area contributed by atoms with E-state index in [-0.39, 0.29) is 10.6 Å². The molecule has 0 amide bonds. The van der Waals surface area contributed by atoms with Crippen molar-refractivity contribution in [2.24, 2.45) is 0 Å². The number of benzene rings is 1. The van der Waals surface area contributed by atoms with Crippen LogP contribution >= 0.6 is 15.9 Å².